The zero-order valence-corrected chi connectivity index (χ0v) is 16.0. The van der Waals surface area contributed by atoms with Gasteiger partial charge in [-0.1, -0.05) is 23.2 Å². The third kappa shape index (κ3) is 6.10. The maximum atomic E-state index is 10.9. The molecule has 0 aromatic carbocycles. The van der Waals surface area contributed by atoms with E-state index in [0.29, 0.717) is 21.1 Å². The molecule has 0 atom stereocenters. The normalized spacial score (nSPS) is 9.81. The van der Waals surface area contributed by atoms with Gasteiger partial charge in [0.15, 0.2) is 0 Å². The molecular formula is C15H11BrCl2N6O2. The second kappa shape index (κ2) is 9.27. The number of hydrogen-bond donors (Lipinski definition) is 2. The second-order valence-electron chi connectivity index (χ2n) is 4.66. The van der Waals surface area contributed by atoms with Gasteiger partial charge in [0.05, 0.1) is 4.92 Å². The van der Waals surface area contributed by atoms with Gasteiger partial charge in [-0.2, -0.15) is 0 Å². The van der Waals surface area contributed by atoms with E-state index in [1.165, 1.54) is 18.3 Å². The molecule has 0 aliphatic heterocycles. The van der Waals surface area contributed by atoms with E-state index in [4.69, 9.17) is 28.9 Å². The number of hydrogen-bond acceptors (Lipinski definition) is 7. The maximum Gasteiger partial charge on any atom is 0.311 e. The summed E-state index contributed by atoms with van der Waals surface area (Å²) in [5, 5.41) is 14.4. The van der Waals surface area contributed by atoms with Gasteiger partial charge in [-0.05, 0) is 46.3 Å². The van der Waals surface area contributed by atoms with Crippen LogP contribution in [0.3, 0.4) is 0 Å². The zero-order chi connectivity index (χ0) is 19.1. The van der Waals surface area contributed by atoms with Crippen LogP contribution in [0.5, 0.6) is 0 Å². The number of pyridine rings is 3. The number of aromatic nitrogens is 3. The van der Waals surface area contributed by atoms with Crippen LogP contribution >= 0.6 is 39.1 Å². The molecule has 8 nitrogen and oxygen atoms in total. The van der Waals surface area contributed by atoms with Gasteiger partial charge in [0.2, 0.25) is 5.82 Å². The van der Waals surface area contributed by atoms with Crippen molar-refractivity contribution in [3.05, 3.63) is 73.8 Å². The van der Waals surface area contributed by atoms with E-state index in [2.05, 4.69) is 36.2 Å². The van der Waals surface area contributed by atoms with Crippen molar-refractivity contribution in [3.8, 4) is 0 Å². The van der Waals surface area contributed by atoms with Crippen molar-refractivity contribution in [1.82, 2.24) is 15.0 Å². The number of nitrogens with zero attached hydrogens (tertiary/aromatic N) is 4. The van der Waals surface area contributed by atoms with Gasteiger partial charge in [-0.15, -0.1) is 0 Å². The molecule has 0 amide bonds. The number of anilines is 3. The molecule has 134 valence electrons. The molecule has 0 aliphatic carbocycles. The Kier molecular flexibility index (Phi) is 7.07. The average molecular weight is 458 g/mol. The number of nitrogen functional groups attached to an aromatic ring is 1. The highest BCUT2D eigenvalue weighted by molar-refractivity contribution is 9.10. The molecular weight excluding hydrogens is 447 g/mol. The van der Waals surface area contributed by atoms with Crippen molar-refractivity contribution in [2.24, 2.45) is 0 Å². The molecule has 3 aromatic rings. The quantitative estimate of drug-likeness (QED) is 0.327. The monoisotopic (exact) mass is 456 g/mol. The molecule has 11 heteroatoms. The predicted octanol–water partition coefficient (Wildman–Crippen LogP) is 4.86. The number of nitrogens with two attached hydrogens (primary N) is 1. The molecule has 0 fully saturated rings. The Hall–Kier alpha value is -2.49. The molecule has 3 aromatic heterocycles. The summed E-state index contributed by atoms with van der Waals surface area (Å²) in [7, 11) is 0. The van der Waals surface area contributed by atoms with E-state index in [-0.39, 0.29) is 16.7 Å². The summed E-state index contributed by atoms with van der Waals surface area (Å²) in [5.74, 6) is 0.136. The fraction of sp³-hybridized carbons (Fsp3) is 0. The molecule has 0 saturated carbocycles. The van der Waals surface area contributed by atoms with Crippen LogP contribution in [-0.2, 0) is 0 Å². The minimum Gasteiger partial charge on any atom is -0.399 e. The van der Waals surface area contributed by atoms with Gasteiger partial charge in [-0.25, -0.2) is 15.0 Å². The van der Waals surface area contributed by atoms with Crippen LogP contribution in [0.4, 0.5) is 22.9 Å². The van der Waals surface area contributed by atoms with Gasteiger partial charge >= 0.3 is 5.69 Å². The summed E-state index contributed by atoms with van der Waals surface area (Å²) in [6, 6.07) is 9.34. The van der Waals surface area contributed by atoms with Crippen LogP contribution in [0.15, 0.2) is 53.4 Å². The first-order valence-corrected chi connectivity index (χ1v) is 8.46. The van der Waals surface area contributed by atoms with E-state index in [0.717, 1.165) is 0 Å². The van der Waals surface area contributed by atoms with E-state index in [9.17, 15) is 10.1 Å². The van der Waals surface area contributed by atoms with Crippen LogP contribution in [0.25, 0.3) is 0 Å². The Morgan fingerprint density at radius 3 is 2.27 bits per heavy atom. The molecule has 0 saturated heterocycles. The first kappa shape index (κ1) is 19.8. The van der Waals surface area contributed by atoms with Crippen molar-refractivity contribution in [1.29, 1.82) is 0 Å². The van der Waals surface area contributed by atoms with Crippen molar-refractivity contribution in [3.63, 3.8) is 0 Å². The van der Waals surface area contributed by atoms with Crippen molar-refractivity contribution in [2.45, 2.75) is 0 Å². The first-order valence-electron chi connectivity index (χ1n) is 6.91. The van der Waals surface area contributed by atoms with Crippen LogP contribution in [0.1, 0.15) is 0 Å². The molecule has 26 heavy (non-hydrogen) atoms. The molecule has 3 N–H and O–H groups in total. The number of nitrogens with one attached hydrogen (secondary N) is 1. The number of rotatable bonds is 3. The summed E-state index contributed by atoms with van der Waals surface area (Å²) in [6.45, 7) is 0. The highest BCUT2D eigenvalue weighted by Gasteiger charge is 2.15. The predicted molar refractivity (Wildman–Crippen MR) is 105 cm³/mol. The van der Waals surface area contributed by atoms with Gasteiger partial charge in [-0.3, -0.25) is 10.1 Å². The molecule has 0 radical (unpaired) electrons. The molecule has 0 bridgehead atoms. The van der Waals surface area contributed by atoms with Crippen LogP contribution in [0, 0.1) is 10.1 Å². The summed E-state index contributed by atoms with van der Waals surface area (Å²) >= 11 is 14.3. The fourth-order valence-corrected chi connectivity index (χ4v) is 2.37. The fourth-order valence-electron chi connectivity index (χ4n) is 1.70. The molecule has 0 unspecified atom stereocenters. The Labute approximate surface area is 166 Å². The lowest BCUT2D eigenvalue weighted by atomic mass is 10.3. The van der Waals surface area contributed by atoms with Gasteiger partial charge in [0, 0.05) is 29.8 Å². The molecule has 3 rings (SSSR count). The SMILES string of the molecule is Nc1ccnc(Cl)c1.O=[N+]([O-])c1ccc(Br)nc1Nc1ccnc(Cl)c1. The lowest BCUT2D eigenvalue weighted by Crippen LogP contribution is -2.00. The first-order chi connectivity index (χ1) is 12.3. The smallest absolute Gasteiger partial charge is 0.311 e. The Morgan fingerprint density at radius 1 is 1.08 bits per heavy atom. The summed E-state index contributed by atoms with van der Waals surface area (Å²) in [6.07, 6.45) is 3.06. The highest BCUT2D eigenvalue weighted by atomic mass is 79.9. The van der Waals surface area contributed by atoms with Crippen LogP contribution in [0.2, 0.25) is 10.3 Å². The second-order valence-corrected chi connectivity index (χ2v) is 6.25. The zero-order valence-electron chi connectivity index (χ0n) is 12.9. The standard InChI is InChI=1S/C10H6BrClN4O2.C5H5ClN2/c11-8-2-1-7(16(17)18)10(15-8)14-6-3-4-13-9(12)5-6;6-5-3-4(7)1-2-8-5/h1-5H,(H,13,14,15);1-3H,(H2,7,8). The average Bonchev–Trinajstić information content (AvgIpc) is 2.55. The maximum absolute atomic E-state index is 10.9. The van der Waals surface area contributed by atoms with Gasteiger partial charge in [0.1, 0.15) is 14.9 Å². The topological polar surface area (TPSA) is 120 Å². The lowest BCUT2D eigenvalue weighted by molar-refractivity contribution is -0.384. The van der Waals surface area contributed by atoms with Gasteiger partial charge < -0.3 is 11.1 Å². The minimum atomic E-state index is -0.509. The molecule has 0 aliphatic rings. The van der Waals surface area contributed by atoms with E-state index >= 15 is 0 Å². The minimum absolute atomic E-state index is 0.119. The molecule has 0 spiro atoms. The molecule has 3 heterocycles. The number of nitro groups is 1. The Morgan fingerprint density at radius 2 is 1.73 bits per heavy atom. The summed E-state index contributed by atoms with van der Waals surface area (Å²) in [5.41, 5.74) is 6.43. The highest BCUT2D eigenvalue weighted by Crippen LogP contribution is 2.27. The van der Waals surface area contributed by atoms with Crippen LogP contribution < -0.4 is 11.1 Å². The van der Waals surface area contributed by atoms with Crippen molar-refractivity contribution in [2.75, 3.05) is 11.1 Å². The van der Waals surface area contributed by atoms with E-state index in [1.54, 1.807) is 30.5 Å². The Bertz CT molecular complexity index is 911. The summed E-state index contributed by atoms with van der Waals surface area (Å²) in [4.78, 5) is 21.9. The van der Waals surface area contributed by atoms with Crippen LogP contribution in [-0.4, -0.2) is 19.9 Å². The third-order valence-electron chi connectivity index (χ3n) is 2.78. The van der Waals surface area contributed by atoms with Gasteiger partial charge in [0.25, 0.3) is 0 Å². The lowest BCUT2D eigenvalue weighted by Gasteiger charge is -2.06. The summed E-state index contributed by atoms with van der Waals surface area (Å²) < 4.78 is 0.496. The third-order valence-corrected chi connectivity index (χ3v) is 3.63. The van der Waals surface area contributed by atoms with E-state index < -0.39 is 4.92 Å². The Balaban J connectivity index is 0.000000254. The number of halogens is 3. The van der Waals surface area contributed by atoms with Crippen molar-refractivity contribution < 1.29 is 4.92 Å². The van der Waals surface area contributed by atoms with E-state index in [1.807, 2.05) is 0 Å². The largest absolute Gasteiger partial charge is 0.399 e. The van der Waals surface area contributed by atoms with Crippen molar-refractivity contribution >= 4 is 62.0 Å².